The summed E-state index contributed by atoms with van der Waals surface area (Å²) >= 11 is 0. The smallest absolute Gasteiger partial charge is 0.408 e. The molecule has 0 radical (unpaired) electrons. The largest absolute Gasteiger partial charge is 0.440 e. The van der Waals surface area contributed by atoms with Gasteiger partial charge < -0.3 is 20.5 Å². The first-order valence-corrected chi connectivity index (χ1v) is 5.66. The lowest BCUT2D eigenvalue weighted by Gasteiger charge is -2.35. The van der Waals surface area contributed by atoms with Crippen LogP contribution >= 0.6 is 0 Å². The SMILES string of the molecule is CC1NC(=O)O[C@@H](c2ccccc2F)[C@H]1OC(N)=O. The number of ether oxygens (including phenoxy) is 2. The molecule has 3 N–H and O–H groups in total. The van der Waals surface area contributed by atoms with Crippen molar-refractivity contribution in [1.82, 2.24) is 5.32 Å². The molecule has 1 fully saturated rings. The van der Waals surface area contributed by atoms with Crippen molar-refractivity contribution in [1.29, 1.82) is 0 Å². The molecule has 0 spiro atoms. The summed E-state index contributed by atoms with van der Waals surface area (Å²) in [5, 5.41) is 2.44. The maximum Gasteiger partial charge on any atom is 0.408 e. The van der Waals surface area contributed by atoms with Crippen molar-refractivity contribution < 1.29 is 23.5 Å². The molecule has 1 aliphatic heterocycles. The molecule has 2 amide bonds. The Bertz CT molecular complexity index is 508. The van der Waals surface area contributed by atoms with Crippen LogP contribution in [0.1, 0.15) is 18.6 Å². The minimum absolute atomic E-state index is 0.135. The second-order valence-corrected chi connectivity index (χ2v) is 4.18. The van der Waals surface area contributed by atoms with Crippen molar-refractivity contribution >= 4 is 12.2 Å². The molecule has 0 aromatic heterocycles. The van der Waals surface area contributed by atoms with Gasteiger partial charge in [0, 0.05) is 5.56 Å². The summed E-state index contributed by atoms with van der Waals surface area (Å²) in [5.74, 6) is -0.549. The quantitative estimate of drug-likeness (QED) is 0.849. The van der Waals surface area contributed by atoms with E-state index in [1.165, 1.54) is 18.2 Å². The van der Waals surface area contributed by atoms with Crippen LogP contribution in [-0.4, -0.2) is 24.3 Å². The fourth-order valence-electron chi connectivity index (χ4n) is 1.99. The Morgan fingerprint density at radius 2 is 2.16 bits per heavy atom. The summed E-state index contributed by atoms with van der Waals surface area (Å²) in [7, 11) is 0. The number of hydrogen-bond donors (Lipinski definition) is 2. The van der Waals surface area contributed by atoms with Crippen LogP contribution in [0.25, 0.3) is 0 Å². The molecule has 1 saturated heterocycles. The lowest BCUT2D eigenvalue weighted by Crippen LogP contribution is -2.53. The van der Waals surface area contributed by atoms with Gasteiger partial charge in [-0.2, -0.15) is 0 Å². The van der Waals surface area contributed by atoms with Gasteiger partial charge in [0.1, 0.15) is 5.82 Å². The predicted octanol–water partition coefficient (Wildman–Crippen LogP) is 1.46. The van der Waals surface area contributed by atoms with E-state index in [0.29, 0.717) is 0 Å². The van der Waals surface area contributed by atoms with Crippen molar-refractivity contribution in [3.05, 3.63) is 35.6 Å². The third-order valence-corrected chi connectivity index (χ3v) is 2.83. The summed E-state index contributed by atoms with van der Waals surface area (Å²) in [5.41, 5.74) is 5.11. The Labute approximate surface area is 108 Å². The summed E-state index contributed by atoms with van der Waals surface area (Å²) in [6.07, 6.45) is -3.65. The minimum Gasteiger partial charge on any atom is -0.440 e. The van der Waals surface area contributed by atoms with E-state index < -0.39 is 36.3 Å². The number of carbonyl (C=O) groups is 2. The molecule has 1 aliphatic rings. The molecular formula is C12H13FN2O4. The third kappa shape index (κ3) is 2.75. The number of carbonyl (C=O) groups excluding carboxylic acids is 2. The third-order valence-electron chi connectivity index (χ3n) is 2.83. The number of nitrogens with two attached hydrogens (primary N) is 1. The molecule has 6 nitrogen and oxygen atoms in total. The number of hydrogen-bond acceptors (Lipinski definition) is 4. The van der Waals surface area contributed by atoms with Gasteiger partial charge in [-0.25, -0.2) is 14.0 Å². The maximum absolute atomic E-state index is 13.8. The van der Waals surface area contributed by atoms with Crippen LogP contribution in [0.4, 0.5) is 14.0 Å². The highest BCUT2D eigenvalue weighted by Crippen LogP contribution is 2.30. The molecule has 0 saturated carbocycles. The van der Waals surface area contributed by atoms with Gasteiger partial charge in [0.25, 0.3) is 0 Å². The second kappa shape index (κ2) is 5.13. The van der Waals surface area contributed by atoms with E-state index in [4.69, 9.17) is 15.2 Å². The number of rotatable bonds is 2. The van der Waals surface area contributed by atoms with Gasteiger partial charge in [-0.05, 0) is 13.0 Å². The van der Waals surface area contributed by atoms with E-state index in [1.807, 2.05) is 0 Å². The lowest BCUT2D eigenvalue weighted by molar-refractivity contribution is -0.0477. The number of halogens is 1. The van der Waals surface area contributed by atoms with Crippen molar-refractivity contribution in [3.8, 4) is 0 Å². The molecule has 1 heterocycles. The van der Waals surface area contributed by atoms with E-state index in [1.54, 1.807) is 13.0 Å². The summed E-state index contributed by atoms with van der Waals surface area (Å²) in [6, 6.07) is 5.26. The van der Waals surface area contributed by atoms with Gasteiger partial charge in [-0.3, -0.25) is 0 Å². The Morgan fingerprint density at radius 3 is 2.79 bits per heavy atom. The number of benzene rings is 1. The zero-order valence-electron chi connectivity index (χ0n) is 10.1. The minimum atomic E-state index is -1.03. The monoisotopic (exact) mass is 268 g/mol. The van der Waals surface area contributed by atoms with Crippen molar-refractivity contribution in [2.45, 2.75) is 25.2 Å². The molecular weight excluding hydrogens is 255 g/mol. The van der Waals surface area contributed by atoms with Crippen LogP contribution in [0, 0.1) is 5.82 Å². The molecule has 1 aromatic rings. The first-order chi connectivity index (χ1) is 8.99. The van der Waals surface area contributed by atoms with Crippen LogP contribution in [0.15, 0.2) is 24.3 Å². The molecule has 2 rings (SSSR count). The van der Waals surface area contributed by atoms with Gasteiger partial charge in [0.15, 0.2) is 12.2 Å². The number of primary amides is 1. The second-order valence-electron chi connectivity index (χ2n) is 4.18. The number of amides is 2. The molecule has 0 bridgehead atoms. The molecule has 0 aliphatic carbocycles. The average Bonchev–Trinajstić information content (AvgIpc) is 2.33. The lowest BCUT2D eigenvalue weighted by atomic mass is 9.97. The fraction of sp³-hybridized carbons (Fsp3) is 0.333. The van der Waals surface area contributed by atoms with Crippen LogP contribution < -0.4 is 11.1 Å². The van der Waals surface area contributed by atoms with E-state index >= 15 is 0 Å². The fourth-order valence-corrected chi connectivity index (χ4v) is 1.99. The zero-order chi connectivity index (χ0) is 14.0. The van der Waals surface area contributed by atoms with Crippen molar-refractivity contribution in [3.63, 3.8) is 0 Å². The molecule has 1 aromatic carbocycles. The normalized spacial score (nSPS) is 26.2. The summed E-state index contributed by atoms with van der Waals surface area (Å²) < 4.78 is 23.7. The summed E-state index contributed by atoms with van der Waals surface area (Å²) in [6.45, 7) is 1.61. The summed E-state index contributed by atoms with van der Waals surface area (Å²) in [4.78, 5) is 22.3. The molecule has 102 valence electrons. The maximum atomic E-state index is 13.8. The Balaban J connectivity index is 2.35. The first-order valence-electron chi connectivity index (χ1n) is 5.66. The molecule has 19 heavy (non-hydrogen) atoms. The van der Waals surface area contributed by atoms with Gasteiger partial charge in [0.2, 0.25) is 0 Å². The zero-order valence-corrected chi connectivity index (χ0v) is 10.1. The molecule has 7 heteroatoms. The molecule has 1 unspecified atom stereocenters. The van der Waals surface area contributed by atoms with Gasteiger partial charge in [0.05, 0.1) is 6.04 Å². The number of cyclic esters (lactones) is 1. The van der Waals surface area contributed by atoms with Crippen LogP contribution in [-0.2, 0) is 9.47 Å². The van der Waals surface area contributed by atoms with E-state index in [2.05, 4.69) is 5.32 Å². The van der Waals surface area contributed by atoms with Gasteiger partial charge >= 0.3 is 12.2 Å². The Hall–Kier alpha value is -2.31. The highest BCUT2D eigenvalue weighted by atomic mass is 19.1. The van der Waals surface area contributed by atoms with Crippen molar-refractivity contribution in [2.24, 2.45) is 5.73 Å². The predicted molar refractivity (Wildman–Crippen MR) is 62.7 cm³/mol. The van der Waals surface area contributed by atoms with E-state index in [0.717, 1.165) is 0 Å². The average molecular weight is 268 g/mol. The number of nitrogens with one attached hydrogen (secondary N) is 1. The standard InChI is InChI=1S/C12H13FN2O4/c1-6-9(18-11(14)16)10(19-12(17)15-6)7-4-2-3-5-8(7)13/h2-6,9-10H,1H3,(H2,14,16)(H,15,17)/t6?,9-,10-/m0/s1. The molecule has 3 atom stereocenters. The number of alkyl carbamates (subject to hydrolysis) is 1. The van der Waals surface area contributed by atoms with Crippen LogP contribution in [0.3, 0.4) is 0 Å². The van der Waals surface area contributed by atoms with Crippen molar-refractivity contribution in [2.75, 3.05) is 0 Å². The topological polar surface area (TPSA) is 90.7 Å². The van der Waals surface area contributed by atoms with Crippen LogP contribution in [0.5, 0.6) is 0 Å². The Kier molecular flexibility index (Phi) is 3.55. The highest BCUT2D eigenvalue weighted by molar-refractivity contribution is 5.70. The Morgan fingerprint density at radius 1 is 1.47 bits per heavy atom. The first kappa shape index (κ1) is 13.1. The van der Waals surface area contributed by atoms with E-state index in [9.17, 15) is 14.0 Å². The van der Waals surface area contributed by atoms with Gasteiger partial charge in [-0.15, -0.1) is 0 Å². The van der Waals surface area contributed by atoms with E-state index in [-0.39, 0.29) is 5.56 Å². The van der Waals surface area contributed by atoms with Crippen LogP contribution in [0.2, 0.25) is 0 Å². The highest BCUT2D eigenvalue weighted by Gasteiger charge is 2.40. The van der Waals surface area contributed by atoms with Gasteiger partial charge in [-0.1, -0.05) is 18.2 Å².